The van der Waals surface area contributed by atoms with Crippen LogP contribution in [0.1, 0.15) is 12.8 Å². The first kappa shape index (κ1) is 17.6. The fourth-order valence-electron chi connectivity index (χ4n) is 3.19. The molecule has 0 spiro atoms. The van der Waals surface area contributed by atoms with Crippen molar-refractivity contribution in [2.24, 2.45) is 0 Å². The Hall–Kier alpha value is -2.25. The van der Waals surface area contributed by atoms with Gasteiger partial charge in [0.05, 0.1) is 23.8 Å². The first-order valence-corrected chi connectivity index (χ1v) is 8.74. The Morgan fingerprint density at radius 2 is 1.88 bits per heavy atom. The molecule has 3 rings (SSSR count). The van der Waals surface area contributed by atoms with E-state index in [9.17, 15) is 9.59 Å². The number of aliphatic hydroxyl groups is 1. The number of hydrogen-bond donors (Lipinski definition) is 1. The topological polar surface area (TPSA) is 78.7 Å². The zero-order valence-corrected chi connectivity index (χ0v) is 14.3. The van der Waals surface area contributed by atoms with E-state index in [1.807, 2.05) is 23.1 Å². The van der Waals surface area contributed by atoms with Crippen molar-refractivity contribution in [1.29, 1.82) is 0 Å². The summed E-state index contributed by atoms with van der Waals surface area (Å²) in [4.78, 5) is 33.0. The normalized spacial score (nSPS) is 15.6. The number of aryl methyl sites for hydroxylation is 1. The number of aromatic nitrogens is 2. The highest BCUT2D eigenvalue weighted by atomic mass is 16.3. The fraction of sp³-hybridized carbons (Fsp3) is 0.500. The van der Waals surface area contributed by atoms with Crippen molar-refractivity contribution in [3.05, 3.63) is 40.9 Å². The lowest BCUT2D eigenvalue weighted by atomic mass is 10.2. The summed E-state index contributed by atoms with van der Waals surface area (Å²) in [5.41, 5.74) is 0.635. The quantitative estimate of drug-likeness (QED) is 0.816. The second-order valence-corrected chi connectivity index (χ2v) is 6.31. The number of carbonyl (C=O) groups excluding carboxylic acids is 1. The monoisotopic (exact) mass is 344 g/mol. The number of β-amino-alcohol motifs (C(OH)–C–C–N with tert-alkyl or cyclic N) is 1. The second-order valence-electron chi connectivity index (χ2n) is 6.31. The van der Waals surface area contributed by atoms with Gasteiger partial charge in [-0.15, -0.1) is 0 Å². The number of benzene rings is 1. The van der Waals surface area contributed by atoms with Gasteiger partial charge in [0.25, 0.3) is 5.56 Å². The van der Waals surface area contributed by atoms with Crippen LogP contribution in [-0.4, -0.2) is 69.7 Å². The van der Waals surface area contributed by atoms with Crippen LogP contribution in [0.15, 0.2) is 35.4 Å². The van der Waals surface area contributed by atoms with Crippen molar-refractivity contribution in [2.45, 2.75) is 19.4 Å². The van der Waals surface area contributed by atoms with Crippen LogP contribution in [0, 0.1) is 0 Å². The molecule has 7 nitrogen and oxygen atoms in total. The molecule has 0 atom stereocenters. The third-order valence-electron chi connectivity index (χ3n) is 4.66. The van der Waals surface area contributed by atoms with Crippen LogP contribution in [0.5, 0.6) is 0 Å². The molecule has 0 saturated carbocycles. The lowest BCUT2D eigenvalue weighted by Gasteiger charge is -2.34. The number of nitrogens with zero attached hydrogens (tertiary/aromatic N) is 4. The SMILES string of the molecule is O=C(CCCn1cnc2ccccc2c1=O)N1CCN(CCO)CC1. The zero-order chi connectivity index (χ0) is 17.6. The largest absolute Gasteiger partial charge is 0.395 e. The molecule has 1 aromatic heterocycles. The molecule has 25 heavy (non-hydrogen) atoms. The summed E-state index contributed by atoms with van der Waals surface area (Å²) in [6, 6.07) is 7.28. The molecule has 1 aromatic carbocycles. The standard InChI is InChI=1S/C18H24N4O3/c23-13-12-20-8-10-21(11-9-20)17(24)6-3-7-22-14-19-16-5-2-1-4-15(16)18(22)25/h1-2,4-5,14,23H,3,6-13H2. The van der Waals surface area contributed by atoms with E-state index in [2.05, 4.69) is 9.88 Å². The lowest BCUT2D eigenvalue weighted by Crippen LogP contribution is -2.49. The maximum Gasteiger partial charge on any atom is 0.261 e. The van der Waals surface area contributed by atoms with E-state index < -0.39 is 0 Å². The van der Waals surface area contributed by atoms with Gasteiger partial charge in [0.1, 0.15) is 0 Å². The van der Waals surface area contributed by atoms with E-state index in [-0.39, 0.29) is 18.1 Å². The summed E-state index contributed by atoms with van der Waals surface area (Å²) in [5.74, 6) is 0.130. The summed E-state index contributed by atoms with van der Waals surface area (Å²) in [6.45, 7) is 4.34. The highest BCUT2D eigenvalue weighted by Gasteiger charge is 2.20. The van der Waals surface area contributed by atoms with Crippen molar-refractivity contribution in [1.82, 2.24) is 19.4 Å². The Morgan fingerprint density at radius 1 is 1.12 bits per heavy atom. The van der Waals surface area contributed by atoms with Gasteiger partial charge in [-0.05, 0) is 18.6 Å². The number of aliphatic hydroxyl groups excluding tert-OH is 1. The van der Waals surface area contributed by atoms with Gasteiger partial charge in [-0.1, -0.05) is 12.1 Å². The lowest BCUT2D eigenvalue weighted by molar-refractivity contribution is -0.133. The van der Waals surface area contributed by atoms with E-state index >= 15 is 0 Å². The molecule has 1 N–H and O–H groups in total. The summed E-state index contributed by atoms with van der Waals surface area (Å²) in [6.07, 6.45) is 2.61. The third-order valence-corrected chi connectivity index (χ3v) is 4.66. The van der Waals surface area contributed by atoms with Crippen molar-refractivity contribution in [3.8, 4) is 0 Å². The number of carbonyl (C=O) groups is 1. The fourth-order valence-corrected chi connectivity index (χ4v) is 3.19. The Labute approximate surface area is 146 Å². The molecule has 134 valence electrons. The molecule has 1 amide bonds. The Morgan fingerprint density at radius 3 is 2.64 bits per heavy atom. The summed E-state index contributed by atoms with van der Waals surface area (Å²) in [5, 5.41) is 9.56. The minimum Gasteiger partial charge on any atom is -0.395 e. The van der Waals surface area contributed by atoms with Gasteiger partial charge in [-0.3, -0.25) is 19.1 Å². The van der Waals surface area contributed by atoms with Gasteiger partial charge in [0.15, 0.2) is 0 Å². The van der Waals surface area contributed by atoms with E-state index in [1.165, 1.54) is 0 Å². The van der Waals surface area contributed by atoms with Crippen LogP contribution < -0.4 is 5.56 Å². The van der Waals surface area contributed by atoms with Crippen LogP contribution >= 0.6 is 0 Å². The van der Waals surface area contributed by atoms with Gasteiger partial charge in [-0.2, -0.15) is 0 Å². The van der Waals surface area contributed by atoms with Crippen molar-refractivity contribution >= 4 is 16.8 Å². The molecule has 0 aliphatic carbocycles. The maximum absolute atomic E-state index is 12.4. The molecule has 1 fully saturated rings. The maximum atomic E-state index is 12.4. The average Bonchev–Trinajstić information content (AvgIpc) is 2.64. The number of para-hydroxylation sites is 1. The first-order valence-electron chi connectivity index (χ1n) is 8.74. The van der Waals surface area contributed by atoms with Crippen LogP contribution in [0.2, 0.25) is 0 Å². The minimum atomic E-state index is -0.0596. The molecule has 2 heterocycles. The van der Waals surface area contributed by atoms with Gasteiger partial charge in [-0.25, -0.2) is 4.98 Å². The van der Waals surface area contributed by atoms with Crippen molar-refractivity contribution < 1.29 is 9.90 Å². The Kier molecular flexibility index (Phi) is 5.78. The number of amides is 1. The molecular weight excluding hydrogens is 320 g/mol. The third kappa shape index (κ3) is 4.24. The first-order chi connectivity index (χ1) is 12.2. The molecule has 2 aromatic rings. The Bertz CT molecular complexity index is 781. The molecule has 7 heteroatoms. The predicted molar refractivity (Wildman–Crippen MR) is 95.3 cm³/mol. The molecule has 1 saturated heterocycles. The average molecular weight is 344 g/mol. The number of piperazine rings is 1. The van der Waals surface area contributed by atoms with Gasteiger partial charge in [0, 0.05) is 45.7 Å². The molecule has 1 aliphatic heterocycles. The van der Waals surface area contributed by atoms with Gasteiger partial charge >= 0.3 is 0 Å². The summed E-state index contributed by atoms with van der Waals surface area (Å²) < 4.78 is 1.58. The van der Waals surface area contributed by atoms with Crippen molar-refractivity contribution in [2.75, 3.05) is 39.3 Å². The summed E-state index contributed by atoms with van der Waals surface area (Å²) in [7, 11) is 0. The molecule has 0 bridgehead atoms. The summed E-state index contributed by atoms with van der Waals surface area (Å²) >= 11 is 0. The van der Waals surface area contributed by atoms with Crippen LogP contribution in [-0.2, 0) is 11.3 Å². The zero-order valence-electron chi connectivity index (χ0n) is 14.3. The second kappa shape index (κ2) is 8.22. The molecule has 0 radical (unpaired) electrons. The Balaban J connectivity index is 1.51. The van der Waals surface area contributed by atoms with Crippen molar-refractivity contribution in [3.63, 3.8) is 0 Å². The van der Waals surface area contributed by atoms with E-state index in [0.29, 0.717) is 49.9 Å². The molecule has 0 unspecified atom stereocenters. The van der Waals surface area contributed by atoms with E-state index in [4.69, 9.17) is 5.11 Å². The van der Waals surface area contributed by atoms with Gasteiger partial charge in [0.2, 0.25) is 5.91 Å². The molecular formula is C18H24N4O3. The number of rotatable bonds is 6. The minimum absolute atomic E-state index is 0.0596. The highest BCUT2D eigenvalue weighted by Crippen LogP contribution is 2.07. The number of fused-ring (bicyclic) bond motifs is 1. The molecule has 1 aliphatic rings. The van der Waals surface area contributed by atoms with E-state index in [0.717, 1.165) is 13.1 Å². The van der Waals surface area contributed by atoms with Gasteiger partial charge < -0.3 is 10.0 Å². The highest BCUT2D eigenvalue weighted by molar-refractivity contribution is 5.77. The smallest absolute Gasteiger partial charge is 0.261 e. The number of hydrogen-bond acceptors (Lipinski definition) is 5. The van der Waals surface area contributed by atoms with Crippen LogP contribution in [0.25, 0.3) is 10.9 Å². The van der Waals surface area contributed by atoms with E-state index in [1.54, 1.807) is 17.0 Å². The van der Waals surface area contributed by atoms with Crippen LogP contribution in [0.4, 0.5) is 0 Å². The predicted octanol–water partition coefficient (Wildman–Crippen LogP) is 0.313. The van der Waals surface area contributed by atoms with Crippen LogP contribution in [0.3, 0.4) is 0 Å².